The first-order valence-electron chi connectivity index (χ1n) is 3.52. The Morgan fingerprint density at radius 2 is 2.25 bits per heavy atom. The molecule has 2 N–H and O–H groups in total. The number of hydrogen-bond acceptors (Lipinski definition) is 5. The molecule has 0 saturated carbocycles. The molecule has 5 nitrogen and oxygen atoms in total. The van der Waals surface area contributed by atoms with Crippen LogP contribution in [0.5, 0.6) is 5.88 Å². The van der Waals surface area contributed by atoms with Gasteiger partial charge in [-0.1, -0.05) is 0 Å². The Kier molecular flexibility index (Phi) is 3.28. The molecule has 0 radical (unpaired) electrons. The molecule has 0 aromatic carbocycles. The van der Waals surface area contributed by atoms with Crippen molar-refractivity contribution in [3.8, 4) is 5.88 Å². The molecule has 1 rings (SSSR count). The van der Waals surface area contributed by atoms with E-state index in [1.807, 2.05) is 0 Å². The van der Waals surface area contributed by atoms with E-state index in [2.05, 4.69) is 9.97 Å². The molecule has 0 spiro atoms. The van der Waals surface area contributed by atoms with Crippen molar-refractivity contribution in [1.82, 2.24) is 9.97 Å². The molecule has 0 aliphatic heterocycles. The molecule has 66 valence electrons. The first-order chi connectivity index (χ1) is 5.83. The lowest BCUT2D eigenvalue weighted by Gasteiger charge is -2.03. The van der Waals surface area contributed by atoms with Gasteiger partial charge in [-0.25, -0.2) is 9.97 Å². The number of rotatable bonds is 4. The minimum absolute atomic E-state index is 0.400. The fourth-order valence-corrected chi connectivity index (χ4v) is 0.662. The predicted octanol–water partition coefficient (Wildman–Crippen LogP) is 0.0840. The van der Waals surface area contributed by atoms with E-state index in [4.69, 9.17) is 15.2 Å². The lowest BCUT2D eigenvalue weighted by atomic mass is 10.6. The zero-order chi connectivity index (χ0) is 8.81. The van der Waals surface area contributed by atoms with E-state index in [1.54, 1.807) is 13.2 Å². The lowest BCUT2D eigenvalue weighted by molar-refractivity contribution is 0.143. The molecular formula is C7H11N3O2. The van der Waals surface area contributed by atoms with E-state index >= 15 is 0 Å². The zero-order valence-corrected chi connectivity index (χ0v) is 6.86. The van der Waals surface area contributed by atoms with Gasteiger partial charge in [0.25, 0.3) is 0 Å². The normalized spacial score (nSPS) is 9.75. The third-order valence-corrected chi connectivity index (χ3v) is 1.20. The summed E-state index contributed by atoms with van der Waals surface area (Å²) in [6.07, 6.45) is 1.36. The fourth-order valence-electron chi connectivity index (χ4n) is 0.662. The molecule has 0 fully saturated rings. The van der Waals surface area contributed by atoms with E-state index in [0.29, 0.717) is 24.9 Å². The van der Waals surface area contributed by atoms with E-state index < -0.39 is 0 Å². The maximum absolute atomic E-state index is 5.40. The van der Waals surface area contributed by atoms with Gasteiger partial charge in [0.2, 0.25) is 5.88 Å². The number of nitrogens with zero attached hydrogens (tertiary/aromatic N) is 2. The van der Waals surface area contributed by atoms with Gasteiger partial charge in [-0.3, -0.25) is 0 Å². The van der Waals surface area contributed by atoms with Crippen molar-refractivity contribution in [2.45, 2.75) is 0 Å². The molecule has 0 saturated heterocycles. The van der Waals surface area contributed by atoms with E-state index in [-0.39, 0.29) is 0 Å². The van der Waals surface area contributed by atoms with Gasteiger partial charge in [-0.2, -0.15) is 0 Å². The summed E-state index contributed by atoms with van der Waals surface area (Å²) in [6, 6.07) is 1.57. The number of nitrogen functional groups attached to an aromatic ring is 1. The number of ether oxygens (including phenoxy) is 2. The van der Waals surface area contributed by atoms with Crippen LogP contribution in [0.3, 0.4) is 0 Å². The minimum atomic E-state index is 0.400. The minimum Gasteiger partial charge on any atom is -0.475 e. The van der Waals surface area contributed by atoms with Crippen LogP contribution in [0.2, 0.25) is 0 Å². The Hall–Kier alpha value is -1.36. The smallest absolute Gasteiger partial charge is 0.218 e. The third-order valence-electron chi connectivity index (χ3n) is 1.20. The summed E-state index contributed by atoms with van der Waals surface area (Å²) >= 11 is 0. The molecule has 0 atom stereocenters. The van der Waals surface area contributed by atoms with E-state index in [1.165, 1.54) is 6.33 Å². The number of nitrogens with two attached hydrogens (primary N) is 1. The van der Waals surface area contributed by atoms with Crippen LogP contribution in [0, 0.1) is 0 Å². The monoisotopic (exact) mass is 169 g/mol. The molecule has 0 unspecified atom stereocenters. The average molecular weight is 169 g/mol. The highest BCUT2D eigenvalue weighted by atomic mass is 16.5. The fraction of sp³-hybridized carbons (Fsp3) is 0.429. The van der Waals surface area contributed by atoms with Crippen LogP contribution in [-0.2, 0) is 4.74 Å². The number of aromatic nitrogens is 2. The molecule has 1 heterocycles. The zero-order valence-electron chi connectivity index (χ0n) is 6.86. The van der Waals surface area contributed by atoms with Crippen molar-refractivity contribution in [3.05, 3.63) is 12.4 Å². The van der Waals surface area contributed by atoms with Gasteiger partial charge in [-0.05, 0) is 0 Å². The topological polar surface area (TPSA) is 70.3 Å². The van der Waals surface area contributed by atoms with Crippen molar-refractivity contribution < 1.29 is 9.47 Å². The quantitative estimate of drug-likeness (QED) is 0.646. The lowest BCUT2D eigenvalue weighted by Crippen LogP contribution is -2.05. The van der Waals surface area contributed by atoms with Crippen molar-refractivity contribution in [2.24, 2.45) is 0 Å². The second-order valence-electron chi connectivity index (χ2n) is 2.12. The molecule has 0 aliphatic rings. The largest absolute Gasteiger partial charge is 0.475 e. The molecule has 0 bridgehead atoms. The Morgan fingerprint density at radius 3 is 2.92 bits per heavy atom. The average Bonchev–Trinajstić information content (AvgIpc) is 2.05. The maximum atomic E-state index is 5.40. The highest BCUT2D eigenvalue weighted by Crippen LogP contribution is 2.06. The summed E-state index contributed by atoms with van der Waals surface area (Å²) in [4.78, 5) is 7.57. The molecule has 1 aromatic rings. The summed E-state index contributed by atoms with van der Waals surface area (Å²) < 4.78 is 9.97. The predicted molar refractivity (Wildman–Crippen MR) is 43.8 cm³/mol. The van der Waals surface area contributed by atoms with E-state index in [0.717, 1.165) is 0 Å². The molecular weight excluding hydrogens is 158 g/mol. The van der Waals surface area contributed by atoms with Crippen molar-refractivity contribution in [3.63, 3.8) is 0 Å². The highest BCUT2D eigenvalue weighted by molar-refractivity contribution is 5.30. The Balaban J connectivity index is 2.41. The van der Waals surface area contributed by atoms with Crippen molar-refractivity contribution in [2.75, 3.05) is 26.1 Å². The van der Waals surface area contributed by atoms with Crippen LogP contribution in [-0.4, -0.2) is 30.3 Å². The highest BCUT2D eigenvalue weighted by Gasteiger charge is 1.95. The number of methoxy groups -OCH3 is 1. The molecule has 1 aromatic heterocycles. The van der Waals surface area contributed by atoms with Gasteiger partial charge in [0.05, 0.1) is 6.61 Å². The van der Waals surface area contributed by atoms with E-state index in [9.17, 15) is 0 Å². The second kappa shape index (κ2) is 4.50. The summed E-state index contributed by atoms with van der Waals surface area (Å²) in [7, 11) is 1.61. The van der Waals surface area contributed by atoms with Crippen LogP contribution < -0.4 is 10.5 Å². The molecule has 12 heavy (non-hydrogen) atoms. The Bertz CT molecular complexity index is 242. The first-order valence-corrected chi connectivity index (χ1v) is 3.52. The van der Waals surface area contributed by atoms with Crippen LogP contribution in [0.25, 0.3) is 0 Å². The molecule has 0 aliphatic carbocycles. The van der Waals surface area contributed by atoms with Gasteiger partial charge < -0.3 is 15.2 Å². The van der Waals surface area contributed by atoms with Crippen LogP contribution in [0.15, 0.2) is 12.4 Å². The second-order valence-corrected chi connectivity index (χ2v) is 2.12. The van der Waals surface area contributed by atoms with Crippen LogP contribution in [0.4, 0.5) is 5.82 Å². The number of anilines is 1. The standard InChI is InChI=1S/C7H11N3O2/c1-11-2-3-12-7-4-6(8)9-5-10-7/h4-5H,2-3H2,1H3,(H2,8,9,10). The molecule has 0 amide bonds. The van der Waals surface area contributed by atoms with Crippen LogP contribution >= 0.6 is 0 Å². The van der Waals surface area contributed by atoms with Gasteiger partial charge >= 0.3 is 0 Å². The maximum Gasteiger partial charge on any atom is 0.218 e. The SMILES string of the molecule is COCCOc1cc(N)ncn1. The van der Waals surface area contributed by atoms with Gasteiger partial charge in [0.15, 0.2) is 0 Å². The van der Waals surface area contributed by atoms with Gasteiger partial charge in [-0.15, -0.1) is 0 Å². The summed E-state index contributed by atoms with van der Waals surface area (Å²) in [6.45, 7) is 0.997. The van der Waals surface area contributed by atoms with Gasteiger partial charge in [0.1, 0.15) is 18.8 Å². The first kappa shape index (κ1) is 8.73. The summed E-state index contributed by atoms with van der Waals surface area (Å²) in [5, 5.41) is 0. The summed E-state index contributed by atoms with van der Waals surface area (Å²) in [5.74, 6) is 0.872. The summed E-state index contributed by atoms with van der Waals surface area (Å²) in [5.41, 5.74) is 5.40. The van der Waals surface area contributed by atoms with Crippen molar-refractivity contribution >= 4 is 5.82 Å². The Morgan fingerprint density at radius 1 is 1.42 bits per heavy atom. The molecule has 5 heteroatoms. The Labute approximate surface area is 70.5 Å². The van der Waals surface area contributed by atoms with Crippen LogP contribution in [0.1, 0.15) is 0 Å². The number of hydrogen-bond donors (Lipinski definition) is 1. The van der Waals surface area contributed by atoms with Crippen molar-refractivity contribution in [1.29, 1.82) is 0 Å². The van der Waals surface area contributed by atoms with Gasteiger partial charge in [0, 0.05) is 13.2 Å². The third kappa shape index (κ3) is 2.71.